The van der Waals surface area contributed by atoms with Gasteiger partial charge >= 0.3 is 0 Å². The predicted molar refractivity (Wildman–Crippen MR) is 99.6 cm³/mol. The van der Waals surface area contributed by atoms with E-state index in [1.165, 1.54) is 11.0 Å². The summed E-state index contributed by atoms with van der Waals surface area (Å²) >= 11 is 0. The minimum atomic E-state index is -3.71. The largest absolute Gasteiger partial charge is 0.277 e. The van der Waals surface area contributed by atoms with Crippen LogP contribution in [0.2, 0.25) is 0 Å². The minimum absolute atomic E-state index is 0.220. The predicted octanol–water partition coefficient (Wildman–Crippen LogP) is 3.05. The van der Waals surface area contributed by atoms with E-state index >= 15 is 0 Å². The lowest BCUT2D eigenvalue weighted by Crippen LogP contribution is -2.15. The maximum absolute atomic E-state index is 12.7. The topological polar surface area (TPSA) is 89.8 Å². The summed E-state index contributed by atoms with van der Waals surface area (Å²) in [5.74, 6) is 0.614. The highest BCUT2D eigenvalue weighted by molar-refractivity contribution is 7.92. The molecule has 3 rings (SSSR count). The summed E-state index contributed by atoms with van der Waals surface area (Å²) in [5.41, 5.74) is 2.09. The van der Waals surface area contributed by atoms with Gasteiger partial charge in [0.1, 0.15) is 6.33 Å². The third-order valence-corrected chi connectivity index (χ3v) is 5.37. The number of sulfonamides is 1. The fourth-order valence-corrected chi connectivity index (χ4v) is 3.60. The lowest BCUT2D eigenvalue weighted by Gasteiger charge is -2.12. The van der Waals surface area contributed by atoms with E-state index in [4.69, 9.17) is 0 Å². The highest BCUT2D eigenvalue weighted by Crippen LogP contribution is 2.23. The Kier molecular flexibility index (Phi) is 5.32. The zero-order valence-electron chi connectivity index (χ0n) is 14.7. The molecule has 0 saturated heterocycles. The molecule has 0 unspecified atom stereocenters. The van der Waals surface area contributed by atoms with E-state index in [1.807, 2.05) is 12.1 Å². The summed E-state index contributed by atoms with van der Waals surface area (Å²) in [6, 6.07) is 14.0. The van der Waals surface area contributed by atoms with Crippen molar-refractivity contribution in [3.8, 4) is 5.69 Å². The lowest BCUT2D eigenvalue weighted by molar-refractivity contribution is 0.586. The fraction of sp³-hybridized carbons (Fsp3) is 0.278. The number of rotatable bonds is 7. The quantitative estimate of drug-likeness (QED) is 0.689. The van der Waals surface area contributed by atoms with Gasteiger partial charge in [-0.2, -0.15) is 4.68 Å². The second kappa shape index (κ2) is 7.65. The van der Waals surface area contributed by atoms with Crippen LogP contribution in [0.3, 0.4) is 0 Å². The average molecular weight is 371 g/mol. The average Bonchev–Trinajstić information content (AvgIpc) is 3.15. The standard InChI is InChI=1S/C18H21N5O2S/c1-14(2)7-8-15-9-11-16(12-10-15)26(24,25)20-17-5-3-4-6-18(17)23-13-19-21-22-23/h3-6,9-14,20H,7-8H2,1-2H3. The van der Waals surface area contributed by atoms with Crippen molar-refractivity contribution in [3.05, 3.63) is 60.4 Å². The first-order chi connectivity index (χ1) is 12.5. The van der Waals surface area contributed by atoms with E-state index in [0.29, 0.717) is 17.3 Å². The Morgan fingerprint density at radius 1 is 1.08 bits per heavy atom. The molecule has 7 nitrogen and oxygen atoms in total. The Labute approximate surface area is 153 Å². The number of anilines is 1. The second-order valence-electron chi connectivity index (χ2n) is 6.45. The maximum atomic E-state index is 12.7. The van der Waals surface area contributed by atoms with Gasteiger partial charge < -0.3 is 0 Å². The van der Waals surface area contributed by atoms with Crippen LogP contribution in [0.25, 0.3) is 5.69 Å². The number of nitrogens with zero attached hydrogens (tertiary/aromatic N) is 4. The molecule has 8 heteroatoms. The van der Waals surface area contributed by atoms with Gasteiger partial charge in [-0.15, -0.1) is 5.10 Å². The molecule has 0 aliphatic rings. The van der Waals surface area contributed by atoms with E-state index in [-0.39, 0.29) is 4.90 Å². The molecule has 0 bridgehead atoms. The highest BCUT2D eigenvalue weighted by atomic mass is 32.2. The monoisotopic (exact) mass is 371 g/mol. The van der Waals surface area contributed by atoms with Crippen LogP contribution in [0.5, 0.6) is 0 Å². The molecule has 1 heterocycles. The molecule has 0 aliphatic heterocycles. The Bertz CT molecular complexity index is 952. The molecule has 1 aromatic heterocycles. The van der Waals surface area contributed by atoms with Gasteiger partial charge in [-0.05, 0) is 59.0 Å². The summed E-state index contributed by atoms with van der Waals surface area (Å²) in [6.45, 7) is 4.34. The molecule has 3 aromatic rings. The van der Waals surface area contributed by atoms with E-state index in [0.717, 1.165) is 18.4 Å². The minimum Gasteiger partial charge on any atom is -0.277 e. The highest BCUT2D eigenvalue weighted by Gasteiger charge is 2.17. The van der Waals surface area contributed by atoms with Crippen LogP contribution in [-0.4, -0.2) is 28.6 Å². The fourth-order valence-electron chi connectivity index (χ4n) is 2.53. The van der Waals surface area contributed by atoms with Gasteiger partial charge in [0.15, 0.2) is 0 Å². The van der Waals surface area contributed by atoms with Crippen LogP contribution in [-0.2, 0) is 16.4 Å². The Balaban J connectivity index is 1.82. The molecular formula is C18H21N5O2S. The number of para-hydroxylation sites is 2. The molecule has 0 fully saturated rings. The first-order valence-electron chi connectivity index (χ1n) is 8.40. The zero-order valence-corrected chi connectivity index (χ0v) is 15.5. The van der Waals surface area contributed by atoms with Crippen molar-refractivity contribution in [2.75, 3.05) is 4.72 Å². The summed E-state index contributed by atoms with van der Waals surface area (Å²) in [6.07, 6.45) is 3.42. The van der Waals surface area contributed by atoms with Gasteiger partial charge in [0.2, 0.25) is 0 Å². The second-order valence-corrected chi connectivity index (χ2v) is 8.14. The zero-order chi connectivity index (χ0) is 18.6. The van der Waals surface area contributed by atoms with Gasteiger partial charge in [-0.1, -0.05) is 38.1 Å². The summed E-state index contributed by atoms with van der Waals surface area (Å²) in [5, 5.41) is 11.0. The van der Waals surface area contributed by atoms with Gasteiger partial charge in [-0.25, -0.2) is 8.42 Å². The van der Waals surface area contributed by atoms with Gasteiger partial charge in [-0.3, -0.25) is 4.72 Å². The number of tetrazole rings is 1. The molecule has 0 amide bonds. The number of nitrogens with one attached hydrogen (secondary N) is 1. The molecule has 26 heavy (non-hydrogen) atoms. The van der Waals surface area contributed by atoms with Crippen LogP contribution in [0, 0.1) is 5.92 Å². The van der Waals surface area contributed by atoms with Crippen molar-refractivity contribution in [3.63, 3.8) is 0 Å². The van der Waals surface area contributed by atoms with Crippen molar-refractivity contribution < 1.29 is 8.42 Å². The van der Waals surface area contributed by atoms with Crippen LogP contribution in [0.4, 0.5) is 5.69 Å². The maximum Gasteiger partial charge on any atom is 0.261 e. The first-order valence-corrected chi connectivity index (χ1v) is 9.88. The molecule has 136 valence electrons. The molecule has 0 atom stereocenters. The van der Waals surface area contributed by atoms with Crippen molar-refractivity contribution in [2.24, 2.45) is 5.92 Å². The number of aromatic nitrogens is 4. The molecule has 2 aromatic carbocycles. The number of hydrogen-bond donors (Lipinski definition) is 1. The molecule has 0 aliphatic carbocycles. The van der Waals surface area contributed by atoms with Crippen molar-refractivity contribution in [1.29, 1.82) is 0 Å². The summed E-state index contributed by atoms with van der Waals surface area (Å²) in [7, 11) is -3.71. The normalized spacial score (nSPS) is 11.7. The molecular weight excluding hydrogens is 350 g/mol. The first kappa shape index (κ1) is 18.1. The van der Waals surface area contributed by atoms with Gasteiger partial charge in [0, 0.05) is 0 Å². The summed E-state index contributed by atoms with van der Waals surface area (Å²) in [4.78, 5) is 0.220. The number of benzene rings is 2. The van der Waals surface area contributed by atoms with Crippen LogP contribution >= 0.6 is 0 Å². The lowest BCUT2D eigenvalue weighted by atomic mass is 10.0. The van der Waals surface area contributed by atoms with E-state index in [1.54, 1.807) is 36.4 Å². The Hall–Kier alpha value is -2.74. The Morgan fingerprint density at radius 3 is 2.46 bits per heavy atom. The van der Waals surface area contributed by atoms with Gasteiger partial charge in [0.25, 0.3) is 10.0 Å². The number of hydrogen-bond acceptors (Lipinski definition) is 5. The molecule has 0 radical (unpaired) electrons. The number of aryl methyl sites for hydroxylation is 1. The third-order valence-electron chi connectivity index (χ3n) is 3.99. The smallest absolute Gasteiger partial charge is 0.261 e. The molecule has 0 spiro atoms. The van der Waals surface area contributed by atoms with Crippen LogP contribution < -0.4 is 4.72 Å². The van der Waals surface area contributed by atoms with Crippen LogP contribution in [0.15, 0.2) is 59.8 Å². The van der Waals surface area contributed by atoms with Crippen LogP contribution in [0.1, 0.15) is 25.8 Å². The SMILES string of the molecule is CC(C)CCc1ccc(S(=O)(=O)Nc2ccccc2-n2cnnn2)cc1. The van der Waals surface area contributed by atoms with E-state index in [2.05, 4.69) is 34.1 Å². The summed E-state index contributed by atoms with van der Waals surface area (Å²) < 4.78 is 29.5. The van der Waals surface area contributed by atoms with E-state index < -0.39 is 10.0 Å². The van der Waals surface area contributed by atoms with Crippen molar-refractivity contribution in [2.45, 2.75) is 31.6 Å². The third kappa shape index (κ3) is 4.26. The van der Waals surface area contributed by atoms with Crippen molar-refractivity contribution in [1.82, 2.24) is 20.2 Å². The van der Waals surface area contributed by atoms with Gasteiger partial charge in [0.05, 0.1) is 16.3 Å². The molecule has 0 saturated carbocycles. The van der Waals surface area contributed by atoms with E-state index in [9.17, 15) is 8.42 Å². The molecule has 1 N–H and O–H groups in total. The Morgan fingerprint density at radius 2 is 1.81 bits per heavy atom. The van der Waals surface area contributed by atoms with Crippen molar-refractivity contribution >= 4 is 15.7 Å².